The average Bonchev–Trinajstić information content (AvgIpc) is 3.15. The fourth-order valence-corrected chi connectivity index (χ4v) is 3.58. The number of hydrogen-bond acceptors (Lipinski definition) is 5. The Kier molecular flexibility index (Phi) is 6.31. The monoisotopic (exact) mass is 468 g/mol. The third-order valence-corrected chi connectivity index (χ3v) is 5.22. The second kappa shape index (κ2) is 9.34. The van der Waals surface area contributed by atoms with Crippen LogP contribution in [0.1, 0.15) is 34.3 Å². The second-order valence-electron chi connectivity index (χ2n) is 7.54. The van der Waals surface area contributed by atoms with Crippen molar-refractivity contribution in [1.82, 2.24) is 4.98 Å². The molecule has 7 nitrogen and oxygen atoms in total. The fourth-order valence-electron chi connectivity index (χ4n) is 3.58. The van der Waals surface area contributed by atoms with E-state index in [4.69, 9.17) is 0 Å². The molecule has 1 aliphatic heterocycles. The first-order valence-corrected chi connectivity index (χ1v) is 10.4. The first kappa shape index (κ1) is 23.0. The van der Waals surface area contributed by atoms with Gasteiger partial charge < -0.3 is 10.6 Å². The number of rotatable bonds is 6. The molecule has 0 radical (unpaired) electrons. The number of imide groups is 1. The highest BCUT2D eigenvalue weighted by Crippen LogP contribution is 2.31. The Balaban J connectivity index is 1.53. The lowest BCUT2D eigenvalue weighted by atomic mass is 10.1. The van der Waals surface area contributed by atoms with Gasteiger partial charge in [-0.3, -0.25) is 14.4 Å². The van der Waals surface area contributed by atoms with Crippen LogP contribution < -0.4 is 15.5 Å². The third kappa shape index (κ3) is 4.90. The molecule has 3 amide bonds. The highest BCUT2D eigenvalue weighted by molar-refractivity contribution is 6.19. The SMILES string of the molecule is O=C(Nc1cccc(C(F)(F)F)c1)c1ccccc1NCc1cccnc1N1C(=O)CCC1=O. The van der Waals surface area contributed by atoms with E-state index in [0.717, 1.165) is 17.0 Å². The van der Waals surface area contributed by atoms with Gasteiger partial charge in [-0.05, 0) is 36.4 Å². The highest BCUT2D eigenvalue weighted by Gasteiger charge is 2.33. The Morgan fingerprint density at radius 3 is 2.44 bits per heavy atom. The van der Waals surface area contributed by atoms with Gasteiger partial charge in [-0.1, -0.05) is 24.3 Å². The lowest BCUT2D eigenvalue weighted by Crippen LogP contribution is -2.30. The summed E-state index contributed by atoms with van der Waals surface area (Å²) in [5.74, 6) is -1.02. The number of para-hydroxylation sites is 1. The fraction of sp³-hybridized carbons (Fsp3) is 0.167. The number of benzene rings is 2. The zero-order valence-electron chi connectivity index (χ0n) is 17.7. The van der Waals surface area contributed by atoms with Crippen molar-refractivity contribution in [3.8, 4) is 0 Å². The number of nitrogens with zero attached hydrogens (tertiary/aromatic N) is 2. The van der Waals surface area contributed by atoms with Crippen LogP contribution in [0.2, 0.25) is 0 Å². The number of carbonyl (C=O) groups is 3. The van der Waals surface area contributed by atoms with Gasteiger partial charge in [0, 0.05) is 42.5 Å². The molecule has 1 fully saturated rings. The molecule has 1 aromatic heterocycles. The Morgan fingerprint density at radius 1 is 0.971 bits per heavy atom. The summed E-state index contributed by atoms with van der Waals surface area (Å²) in [6.07, 6.45) is -2.80. The number of halogens is 3. The summed E-state index contributed by atoms with van der Waals surface area (Å²) >= 11 is 0. The van der Waals surface area contributed by atoms with E-state index >= 15 is 0 Å². The summed E-state index contributed by atoms with van der Waals surface area (Å²) in [7, 11) is 0. The van der Waals surface area contributed by atoms with Crippen LogP contribution in [-0.4, -0.2) is 22.7 Å². The molecular formula is C24H19F3N4O3. The lowest BCUT2D eigenvalue weighted by Gasteiger charge is -2.18. The summed E-state index contributed by atoms with van der Waals surface area (Å²) < 4.78 is 38.9. The van der Waals surface area contributed by atoms with Gasteiger partial charge in [-0.2, -0.15) is 13.2 Å². The molecule has 0 bridgehead atoms. The molecule has 2 N–H and O–H groups in total. The Hall–Kier alpha value is -4.21. The normalized spacial score (nSPS) is 13.8. The number of hydrogen-bond donors (Lipinski definition) is 2. The molecular weight excluding hydrogens is 449 g/mol. The smallest absolute Gasteiger partial charge is 0.380 e. The van der Waals surface area contributed by atoms with Crippen LogP contribution in [-0.2, 0) is 22.3 Å². The lowest BCUT2D eigenvalue weighted by molar-refractivity contribution is -0.137. The number of nitrogens with one attached hydrogen (secondary N) is 2. The van der Waals surface area contributed by atoms with Gasteiger partial charge in [0.25, 0.3) is 5.91 Å². The van der Waals surface area contributed by atoms with E-state index in [-0.39, 0.29) is 48.3 Å². The van der Waals surface area contributed by atoms with Crippen LogP contribution in [0, 0.1) is 0 Å². The minimum absolute atomic E-state index is 0.00947. The van der Waals surface area contributed by atoms with Gasteiger partial charge in [0.1, 0.15) is 5.82 Å². The molecule has 10 heteroatoms. The summed E-state index contributed by atoms with van der Waals surface area (Å²) in [6, 6.07) is 14.2. The van der Waals surface area contributed by atoms with Gasteiger partial charge >= 0.3 is 6.18 Å². The third-order valence-electron chi connectivity index (χ3n) is 5.22. The topological polar surface area (TPSA) is 91.4 Å². The maximum absolute atomic E-state index is 13.0. The van der Waals surface area contributed by atoms with Crippen molar-refractivity contribution in [2.45, 2.75) is 25.6 Å². The number of anilines is 3. The van der Waals surface area contributed by atoms with Crippen molar-refractivity contribution in [3.05, 3.63) is 83.6 Å². The molecule has 2 heterocycles. The molecule has 1 aliphatic rings. The van der Waals surface area contributed by atoms with Crippen molar-refractivity contribution >= 4 is 34.9 Å². The Labute approximate surface area is 192 Å². The van der Waals surface area contributed by atoms with E-state index < -0.39 is 17.6 Å². The zero-order chi connectivity index (χ0) is 24.3. The van der Waals surface area contributed by atoms with E-state index in [1.165, 1.54) is 24.4 Å². The minimum atomic E-state index is -4.53. The summed E-state index contributed by atoms with van der Waals surface area (Å²) in [6.45, 7) is 0.147. The quantitative estimate of drug-likeness (QED) is 0.516. The van der Waals surface area contributed by atoms with Crippen molar-refractivity contribution < 1.29 is 27.6 Å². The van der Waals surface area contributed by atoms with E-state index in [2.05, 4.69) is 15.6 Å². The van der Waals surface area contributed by atoms with Crippen LogP contribution in [0.3, 0.4) is 0 Å². The average molecular weight is 468 g/mol. The van der Waals surface area contributed by atoms with Gasteiger partial charge in [-0.25, -0.2) is 9.88 Å². The predicted molar refractivity (Wildman–Crippen MR) is 119 cm³/mol. The van der Waals surface area contributed by atoms with Crippen LogP contribution >= 0.6 is 0 Å². The Morgan fingerprint density at radius 2 is 1.71 bits per heavy atom. The minimum Gasteiger partial charge on any atom is -0.380 e. The number of alkyl halides is 3. The molecule has 0 atom stereocenters. The van der Waals surface area contributed by atoms with E-state index in [0.29, 0.717) is 11.3 Å². The van der Waals surface area contributed by atoms with E-state index in [9.17, 15) is 27.6 Å². The molecule has 3 aromatic rings. The molecule has 1 saturated heterocycles. The first-order valence-electron chi connectivity index (χ1n) is 10.4. The number of pyridine rings is 1. The summed E-state index contributed by atoms with van der Waals surface area (Å²) in [5.41, 5.74) is 0.334. The largest absolute Gasteiger partial charge is 0.416 e. The van der Waals surface area contributed by atoms with Gasteiger partial charge in [-0.15, -0.1) is 0 Å². The molecule has 2 aromatic carbocycles. The zero-order valence-corrected chi connectivity index (χ0v) is 17.7. The maximum Gasteiger partial charge on any atom is 0.416 e. The van der Waals surface area contributed by atoms with Crippen molar-refractivity contribution in [2.75, 3.05) is 15.5 Å². The molecule has 4 rings (SSSR count). The Bertz CT molecular complexity index is 1240. The number of amides is 3. The molecule has 0 unspecified atom stereocenters. The molecule has 174 valence electrons. The second-order valence-corrected chi connectivity index (χ2v) is 7.54. The van der Waals surface area contributed by atoms with Crippen LogP contribution in [0.25, 0.3) is 0 Å². The van der Waals surface area contributed by atoms with Gasteiger partial charge in [0.2, 0.25) is 11.8 Å². The maximum atomic E-state index is 13.0. The van der Waals surface area contributed by atoms with Crippen LogP contribution in [0.5, 0.6) is 0 Å². The van der Waals surface area contributed by atoms with Crippen molar-refractivity contribution in [1.29, 1.82) is 0 Å². The standard InChI is InChI=1S/C24H19F3N4O3/c25-24(26,27)16-6-3-7-17(13-16)30-23(34)18-8-1-2-9-19(18)29-14-15-5-4-12-28-22(15)31-20(32)10-11-21(31)33/h1-9,12-13,29H,10-11,14H2,(H,30,34). The molecule has 0 saturated carbocycles. The van der Waals surface area contributed by atoms with Crippen molar-refractivity contribution in [2.24, 2.45) is 0 Å². The van der Waals surface area contributed by atoms with Gasteiger partial charge in [0.05, 0.1) is 11.1 Å². The van der Waals surface area contributed by atoms with Gasteiger partial charge in [0.15, 0.2) is 0 Å². The number of aromatic nitrogens is 1. The molecule has 0 spiro atoms. The van der Waals surface area contributed by atoms with Crippen LogP contribution in [0.4, 0.5) is 30.4 Å². The number of carbonyl (C=O) groups excluding carboxylic acids is 3. The van der Waals surface area contributed by atoms with E-state index in [1.54, 1.807) is 30.3 Å². The first-order chi connectivity index (χ1) is 16.2. The summed E-state index contributed by atoms with van der Waals surface area (Å²) in [4.78, 5) is 42.3. The summed E-state index contributed by atoms with van der Waals surface area (Å²) in [5, 5.41) is 5.58. The van der Waals surface area contributed by atoms with Crippen LogP contribution in [0.15, 0.2) is 66.9 Å². The predicted octanol–water partition coefficient (Wildman–Crippen LogP) is 4.62. The molecule has 0 aliphatic carbocycles. The molecule has 34 heavy (non-hydrogen) atoms. The highest BCUT2D eigenvalue weighted by atomic mass is 19.4. The van der Waals surface area contributed by atoms with Crippen molar-refractivity contribution in [3.63, 3.8) is 0 Å². The van der Waals surface area contributed by atoms with E-state index in [1.807, 2.05) is 0 Å².